The number of pyridine rings is 1. The number of guanidine groups is 1. The Morgan fingerprint density at radius 1 is 1.23 bits per heavy atom. The molecule has 0 bridgehead atoms. The molecule has 0 saturated heterocycles. The summed E-state index contributed by atoms with van der Waals surface area (Å²) in [6.45, 7) is 2.24. The molecule has 0 unspecified atom stereocenters. The fourth-order valence-electron chi connectivity index (χ4n) is 2.68. The number of aryl methyl sites for hydroxylation is 1. The number of hydrogen-bond acceptors (Lipinski definition) is 5. The average molecular weight is 572 g/mol. The number of halogens is 4. The van der Waals surface area contributed by atoms with Crippen LogP contribution in [-0.2, 0) is 22.6 Å². The Morgan fingerprint density at radius 3 is 2.52 bits per heavy atom. The molecule has 0 fully saturated rings. The van der Waals surface area contributed by atoms with E-state index in [1.165, 1.54) is 12.3 Å². The SMILES string of the molecule is CN=C(NCCOc1ncccc1C(F)(F)F)NCc1ccc(S(C)(=O)=O)c(C)c1.I. The Kier molecular flexibility index (Phi) is 10.0. The van der Waals surface area contributed by atoms with E-state index in [9.17, 15) is 21.6 Å². The van der Waals surface area contributed by atoms with Crippen LogP contribution in [0.3, 0.4) is 0 Å². The zero-order valence-electron chi connectivity index (χ0n) is 17.2. The first-order valence-corrected chi connectivity index (χ1v) is 10.8. The van der Waals surface area contributed by atoms with Crippen LogP contribution < -0.4 is 15.4 Å². The molecule has 0 spiro atoms. The van der Waals surface area contributed by atoms with Crippen LogP contribution in [0.2, 0.25) is 0 Å². The normalized spacial score (nSPS) is 12.1. The van der Waals surface area contributed by atoms with Gasteiger partial charge in [-0.15, -0.1) is 24.0 Å². The highest BCUT2D eigenvalue weighted by Crippen LogP contribution is 2.34. The van der Waals surface area contributed by atoms with E-state index in [0.717, 1.165) is 17.9 Å². The van der Waals surface area contributed by atoms with Gasteiger partial charge in [-0.25, -0.2) is 13.4 Å². The van der Waals surface area contributed by atoms with Crippen molar-refractivity contribution in [1.29, 1.82) is 0 Å². The van der Waals surface area contributed by atoms with Crippen molar-refractivity contribution < 1.29 is 26.3 Å². The van der Waals surface area contributed by atoms with Gasteiger partial charge in [0, 0.05) is 26.0 Å². The van der Waals surface area contributed by atoms with Crippen LogP contribution in [0.25, 0.3) is 0 Å². The van der Waals surface area contributed by atoms with Crippen LogP contribution in [0, 0.1) is 6.92 Å². The van der Waals surface area contributed by atoms with Crippen LogP contribution in [0.1, 0.15) is 16.7 Å². The molecule has 2 N–H and O–H groups in total. The van der Waals surface area contributed by atoms with Crippen LogP contribution >= 0.6 is 24.0 Å². The molecule has 2 aromatic rings. The number of sulfone groups is 1. The van der Waals surface area contributed by atoms with E-state index in [2.05, 4.69) is 20.6 Å². The second kappa shape index (κ2) is 11.5. The molecule has 7 nitrogen and oxygen atoms in total. The van der Waals surface area contributed by atoms with Crippen molar-refractivity contribution in [3.8, 4) is 5.88 Å². The smallest absolute Gasteiger partial charge is 0.421 e. The average Bonchev–Trinajstić information content (AvgIpc) is 2.66. The third-order valence-electron chi connectivity index (χ3n) is 4.03. The Morgan fingerprint density at radius 2 is 1.94 bits per heavy atom. The van der Waals surface area contributed by atoms with Gasteiger partial charge in [0.2, 0.25) is 5.88 Å². The number of ether oxygens (including phenoxy) is 1. The first kappa shape index (κ1) is 26.9. The Bertz CT molecular complexity index is 1010. The summed E-state index contributed by atoms with van der Waals surface area (Å²) in [7, 11) is -1.73. The zero-order valence-corrected chi connectivity index (χ0v) is 20.3. The highest BCUT2D eigenvalue weighted by atomic mass is 127. The monoisotopic (exact) mass is 572 g/mol. The summed E-state index contributed by atoms with van der Waals surface area (Å²) < 4.78 is 67.3. The van der Waals surface area contributed by atoms with Gasteiger partial charge in [0.05, 0.1) is 11.4 Å². The predicted octanol–water partition coefficient (Wildman–Crippen LogP) is 3.17. The van der Waals surface area contributed by atoms with Gasteiger partial charge in [0.1, 0.15) is 12.2 Å². The van der Waals surface area contributed by atoms with Gasteiger partial charge in [0.25, 0.3) is 0 Å². The molecule has 2 rings (SSSR count). The molecule has 12 heteroatoms. The Hall–Kier alpha value is -2.09. The summed E-state index contributed by atoms with van der Waals surface area (Å²) in [5.41, 5.74) is 0.562. The summed E-state index contributed by atoms with van der Waals surface area (Å²) in [5, 5.41) is 5.97. The molecule has 0 aliphatic heterocycles. The van der Waals surface area contributed by atoms with Gasteiger partial charge >= 0.3 is 6.18 Å². The van der Waals surface area contributed by atoms with Crippen LogP contribution in [0.4, 0.5) is 13.2 Å². The van der Waals surface area contributed by atoms with Crippen molar-refractivity contribution >= 4 is 39.8 Å². The highest BCUT2D eigenvalue weighted by Gasteiger charge is 2.34. The molecular formula is C19H24F3IN4O3S. The van der Waals surface area contributed by atoms with E-state index in [0.29, 0.717) is 18.1 Å². The summed E-state index contributed by atoms with van der Waals surface area (Å²) in [5.74, 6) is -0.0586. The number of nitrogens with one attached hydrogen (secondary N) is 2. The van der Waals surface area contributed by atoms with Crippen LogP contribution in [0.15, 0.2) is 46.4 Å². The number of nitrogens with zero attached hydrogens (tertiary/aromatic N) is 2. The lowest BCUT2D eigenvalue weighted by molar-refractivity contribution is -0.139. The summed E-state index contributed by atoms with van der Waals surface area (Å²) in [4.78, 5) is 7.94. The summed E-state index contributed by atoms with van der Waals surface area (Å²) >= 11 is 0. The maximum atomic E-state index is 12.9. The Labute approximate surface area is 196 Å². The molecule has 0 amide bonds. The second-order valence-corrected chi connectivity index (χ2v) is 8.41. The molecule has 172 valence electrons. The van der Waals surface area contributed by atoms with Gasteiger partial charge in [-0.05, 0) is 36.2 Å². The third-order valence-corrected chi connectivity index (χ3v) is 5.29. The molecule has 31 heavy (non-hydrogen) atoms. The summed E-state index contributed by atoms with van der Waals surface area (Å²) in [6, 6.07) is 7.12. The molecule has 0 radical (unpaired) electrons. The van der Waals surface area contributed by atoms with Crippen molar-refractivity contribution in [1.82, 2.24) is 15.6 Å². The van der Waals surface area contributed by atoms with E-state index >= 15 is 0 Å². The molecule has 1 aromatic carbocycles. The molecule has 0 aliphatic rings. The van der Waals surface area contributed by atoms with E-state index in [4.69, 9.17) is 4.74 Å². The van der Waals surface area contributed by atoms with Crippen molar-refractivity contribution in [2.24, 2.45) is 4.99 Å². The number of rotatable bonds is 7. The molecule has 1 heterocycles. The van der Waals surface area contributed by atoms with Gasteiger partial charge < -0.3 is 15.4 Å². The quantitative estimate of drug-likeness (QED) is 0.229. The predicted molar refractivity (Wildman–Crippen MR) is 123 cm³/mol. The van der Waals surface area contributed by atoms with E-state index in [1.807, 2.05) is 0 Å². The van der Waals surface area contributed by atoms with E-state index < -0.39 is 27.5 Å². The first-order valence-electron chi connectivity index (χ1n) is 8.91. The minimum absolute atomic E-state index is 0. The fourth-order valence-corrected chi connectivity index (χ4v) is 3.64. The van der Waals surface area contributed by atoms with Crippen molar-refractivity contribution in [3.63, 3.8) is 0 Å². The number of hydrogen-bond donors (Lipinski definition) is 2. The second-order valence-electron chi connectivity index (χ2n) is 6.43. The molecule has 0 aliphatic carbocycles. The van der Waals surface area contributed by atoms with Gasteiger partial charge in [-0.1, -0.05) is 12.1 Å². The minimum atomic E-state index is -4.54. The zero-order chi connectivity index (χ0) is 22.4. The molecule has 1 aromatic heterocycles. The number of alkyl halides is 3. The Balaban J connectivity index is 0.00000480. The first-order chi connectivity index (χ1) is 14.0. The lowest BCUT2D eigenvalue weighted by Crippen LogP contribution is -2.39. The van der Waals surface area contributed by atoms with Crippen molar-refractivity contribution in [2.45, 2.75) is 24.5 Å². The highest BCUT2D eigenvalue weighted by molar-refractivity contribution is 14.0. The fraction of sp³-hybridized carbons (Fsp3) is 0.368. The topological polar surface area (TPSA) is 92.7 Å². The number of aromatic nitrogens is 1. The largest absolute Gasteiger partial charge is 0.475 e. The number of benzene rings is 1. The molecule has 0 saturated carbocycles. The van der Waals surface area contributed by atoms with Gasteiger partial charge in [-0.3, -0.25) is 4.99 Å². The van der Waals surface area contributed by atoms with Gasteiger partial charge in [-0.2, -0.15) is 13.2 Å². The van der Waals surface area contributed by atoms with E-state index in [-0.39, 0.29) is 42.0 Å². The molecule has 0 atom stereocenters. The van der Waals surface area contributed by atoms with Crippen LogP contribution in [0.5, 0.6) is 5.88 Å². The number of aliphatic imine (C=N–C) groups is 1. The van der Waals surface area contributed by atoms with Crippen LogP contribution in [-0.4, -0.2) is 45.8 Å². The standard InChI is InChI=1S/C19H23F3N4O3S.HI/c1-13-11-14(6-7-16(13)30(3,27)28)12-26-18(23-2)25-9-10-29-17-15(19(20,21)22)5-4-8-24-17;/h4-8,11H,9-10,12H2,1-3H3,(H2,23,25,26);1H. The maximum absolute atomic E-state index is 12.9. The maximum Gasteiger partial charge on any atom is 0.421 e. The third kappa shape index (κ3) is 8.16. The van der Waals surface area contributed by atoms with Crippen molar-refractivity contribution in [2.75, 3.05) is 26.5 Å². The van der Waals surface area contributed by atoms with E-state index in [1.54, 1.807) is 32.2 Å². The summed E-state index contributed by atoms with van der Waals surface area (Å²) in [6.07, 6.45) is -2.15. The lowest BCUT2D eigenvalue weighted by atomic mass is 10.1. The van der Waals surface area contributed by atoms with Crippen molar-refractivity contribution in [3.05, 3.63) is 53.2 Å². The lowest BCUT2D eigenvalue weighted by Gasteiger charge is -2.15. The molecular weight excluding hydrogens is 548 g/mol. The van der Waals surface area contributed by atoms with Gasteiger partial charge in [0.15, 0.2) is 15.8 Å². The minimum Gasteiger partial charge on any atom is -0.475 e.